The molecule has 1 aromatic heterocycles. The predicted molar refractivity (Wildman–Crippen MR) is 102 cm³/mol. The van der Waals surface area contributed by atoms with Crippen LogP contribution < -0.4 is 0 Å². The summed E-state index contributed by atoms with van der Waals surface area (Å²) in [5, 5.41) is 0. The Balaban J connectivity index is 2.14. The normalized spacial score (nSPS) is 12.0. The summed E-state index contributed by atoms with van der Waals surface area (Å²) in [4.78, 5) is 12.1. The number of benzene rings is 2. The molecular weight excluding hydrogens is 369 g/mol. The number of carbonyl (C=O) groups is 1. The minimum Gasteiger partial charge on any atom is -0.465 e. The van der Waals surface area contributed by atoms with E-state index in [0.717, 1.165) is 16.8 Å². The van der Waals surface area contributed by atoms with Gasteiger partial charge >= 0.3 is 5.97 Å². The first-order valence-corrected chi connectivity index (χ1v) is 9.41. The lowest BCUT2D eigenvalue weighted by molar-refractivity contribution is 0.0600. The third-order valence-electron chi connectivity index (χ3n) is 4.28. The van der Waals surface area contributed by atoms with E-state index in [9.17, 15) is 13.4 Å². The first kappa shape index (κ1) is 19.0. The minimum absolute atomic E-state index is 0.0473. The summed E-state index contributed by atoms with van der Waals surface area (Å²) >= 11 is -1.91. The number of aromatic nitrogens is 1. The summed E-state index contributed by atoms with van der Waals surface area (Å²) in [5.41, 5.74) is 4.06. The largest absolute Gasteiger partial charge is 0.465 e. The van der Waals surface area contributed by atoms with E-state index in [1.807, 2.05) is 16.7 Å². The molecule has 5 nitrogen and oxygen atoms in total. The van der Waals surface area contributed by atoms with Crippen LogP contribution in [0.5, 0.6) is 0 Å². The maximum atomic E-state index is 13.3. The monoisotopic (exact) mass is 387 g/mol. The molecule has 1 heterocycles. The van der Waals surface area contributed by atoms with Crippen molar-refractivity contribution in [3.05, 3.63) is 77.2 Å². The molecule has 1 atom stereocenters. The highest BCUT2D eigenvalue weighted by atomic mass is 32.2. The molecule has 1 unspecified atom stereocenters. The number of rotatable bonds is 5. The van der Waals surface area contributed by atoms with Crippen LogP contribution in [0.4, 0.5) is 4.39 Å². The third kappa shape index (κ3) is 3.99. The van der Waals surface area contributed by atoms with Crippen LogP contribution in [0.1, 0.15) is 21.6 Å². The molecule has 0 spiro atoms. The van der Waals surface area contributed by atoms with Gasteiger partial charge in [-0.15, -0.1) is 0 Å². The van der Waals surface area contributed by atoms with Crippen LogP contribution in [0.15, 0.2) is 54.6 Å². The Bertz CT molecular complexity index is 994. The highest BCUT2D eigenvalue weighted by Crippen LogP contribution is 2.30. The fourth-order valence-corrected chi connectivity index (χ4v) is 3.45. The van der Waals surface area contributed by atoms with Crippen molar-refractivity contribution in [2.45, 2.75) is 12.7 Å². The summed E-state index contributed by atoms with van der Waals surface area (Å²) in [7, 11) is 1.32. The van der Waals surface area contributed by atoms with Gasteiger partial charge in [0, 0.05) is 11.4 Å². The lowest BCUT2D eigenvalue weighted by atomic mass is 10.1. The molecule has 0 saturated carbocycles. The van der Waals surface area contributed by atoms with Crippen molar-refractivity contribution < 1.29 is 22.7 Å². The van der Waals surface area contributed by atoms with Crippen LogP contribution in [0.2, 0.25) is 0 Å². The summed E-state index contributed by atoms with van der Waals surface area (Å²) in [6.45, 7) is 1.79. The molecule has 3 rings (SSSR count). The van der Waals surface area contributed by atoms with Crippen LogP contribution in [-0.4, -0.2) is 26.4 Å². The number of methoxy groups -OCH3 is 1. The van der Waals surface area contributed by atoms with Crippen LogP contribution in [0, 0.1) is 12.7 Å². The van der Waals surface area contributed by atoms with Gasteiger partial charge in [-0.05, 0) is 48.4 Å². The van der Waals surface area contributed by atoms with Crippen LogP contribution in [0.25, 0.3) is 16.9 Å². The minimum atomic E-state index is -1.91. The molecule has 0 saturated heterocycles. The second-order valence-corrected chi connectivity index (χ2v) is 6.93. The van der Waals surface area contributed by atoms with Gasteiger partial charge in [0.25, 0.3) is 0 Å². The van der Waals surface area contributed by atoms with Crippen molar-refractivity contribution >= 4 is 17.0 Å². The Morgan fingerprint density at radius 3 is 2.33 bits per heavy atom. The Morgan fingerprint density at radius 2 is 1.78 bits per heavy atom. The molecule has 3 aromatic rings. The lowest BCUT2D eigenvalue weighted by Gasteiger charge is -2.12. The van der Waals surface area contributed by atoms with Crippen LogP contribution >= 0.6 is 0 Å². The Morgan fingerprint density at radius 1 is 1.15 bits per heavy atom. The van der Waals surface area contributed by atoms with E-state index >= 15 is 0 Å². The predicted octanol–water partition coefficient (Wildman–Crippen LogP) is 4.10. The standard InChI is InChI=1S/C20H18FNO4S/c1-13-18(20(23)26-2)11-19(22(13)17-9-7-16(21)8-10-17)15-5-3-14(4-6-15)12-27(24)25/h3-11H,12H2,1-2H3,(H,24,25). The van der Waals surface area contributed by atoms with Crippen molar-refractivity contribution in [1.82, 2.24) is 4.57 Å². The molecule has 140 valence electrons. The highest BCUT2D eigenvalue weighted by Gasteiger charge is 2.20. The highest BCUT2D eigenvalue weighted by molar-refractivity contribution is 7.78. The second-order valence-electron chi connectivity index (χ2n) is 5.99. The SMILES string of the molecule is COC(=O)c1cc(-c2ccc(CS(=O)O)cc2)n(-c2ccc(F)cc2)c1C. The average molecular weight is 387 g/mol. The second kappa shape index (κ2) is 7.85. The zero-order valence-electron chi connectivity index (χ0n) is 14.8. The van der Waals surface area contributed by atoms with E-state index in [1.165, 1.54) is 19.2 Å². The maximum Gasteiger partial charge on any atom is 0.339 e. The number of ether oxygens (including phenoxy) is 1. The molecule has 2 aromatic carbocycles. The van der Waals surface area contributed by atoms with Crippen molar-refractivity contribution in [3.8, 4) is 16.9 Å². The molecule has 0 radical (unpaired) electrons. The number of halogens is 1. The maximum absolute atomic E-state index is 13.3. The zero-order chi connectivity index (χ0) is 19.6. The molecule has 0 aliphatic rings. The van der Waals surface area contributed by atoms with Gasteiger partial charge in [0.1, 0.15) is 5.82 Å². The Kier molecular flexibility index (Phi) is 5.53. The van der Waals surface area contributed by atoms with Gasteiger partial charge in [-0.1, -0.05) is 24.3 Å². The molecule has 0 aliphatic heterocycles. The number of hydrogen-bond donors (Lipinski definition) is 1. The number of nitrogens with zero attached hydrogens (tertiary/aromatic N) is 1. The average Bonchev–Trinajstić information content (AvgIpc) is 2.99. The first-order chi connectivity index (χ1) is 12.9. The van der Waals surface area contributed by atoms with Crippen molar-refractivity contribution in [1.29, 1.82) is 0 Å². The summed E-state index contributed by atoms with van der Waals surface area (Å²) < 4.78 is 40.0. The molecule has 0 aliphatic carbocycles. The molecule has 27 heavy (non-hydrogen) atoms. The molecule has 1 N–H and O–H groups in total. The Labute approximate surface area is 158 Å². The quantitative estimate of drug-likeness (QED) is 0.529. The molecule has 0 amide bonds. The van der Waals surface area contributed by atoms with Crippen LogP contribution in [-0.2, 0) is 21.6 Å². The number of esters is 1. The fraction of sp³-hybridized carbons (Fsp3) is 0.150. The van der Waals surface area contributed by atoms with E-state index in [0.29, 0.717) is 16.9 Å². The summed E-state index contributed by atoms with van der Waals surface area (Å²) in [5.74, 6) is -0.757. The molecule has 7 heteroatoms. The summed E-state index contributed by atoms with van der Waals surface area (Å²) in [6.07, 6.45) is 0. The molecule has 0 fully saturated rings. The van der Waals surface area contributed by atoms with Crippen molar-refractivity contribution in [3.63, 3.8) is 0 Å². The first-order valence-electron chi connectivity index (χ1n) is 8.14. The number of hydrogen-bond acceptors (Lipinski definition) is 3. The van der Waals surface area contributed by atoms with Gasteiger partial charge in [0.05, 0.1) is 24.1 Å². The van der Waals surface area contributed by atoms with Gasteiger partial charge in [-0.25, -0.2) is 13.4 Å². The van der Waals surface area contributed by atoms with Gasteiger partial charge in [-0.3, -0.25) is 0 Å². The lowest BCUT2D eigenvalue weighted by Crippen LogP contribution is -2.04. The molecular formula is C20H18FNO4S. The molecule has 0 bridgehead atoms. The van der Waals surface area contributed by atoms with Gasteiger partial charge in [0.15, 0.2) is 11.1 Å². The van der Waals surface area contributed by atoms with E-state index in [2.05, 4.69) is 0 Å². The van der Waals surface area contributed by atoms with Crippen molar-refractivity contribution in [2.75, 3.05) is 7.11 Å². The van der Waals surface area contributed by atoms with Crippen molar-refractivity contribution in [2.24, 2.45) is 0 Å². The summed E-state index contributed by atoms with van der Waals surface area (Å²) in [6, 6.07) is 14.9. The fourth-order valence-electron chi connectivity index (χ4n) is 2.97. The van der Waals surface area contributed by atoms with E-state index in [4.69, 9.17) is 9.29 Å². The number of carbonyl (C=O) groups excluding carboxylic acids is 1. The smallest absolute Gasteiger partial charge is 0.339 e. The Hall–Kier alpha value is -2.77. The van der Waals surface area contributed by atoms with Gasteiger partial charge in [0.2, 0.25) is 0 Å². The van der Waals surface area contributed by atoms with Gasteiger partial charge < -0.3 is 13.9 Å². The van der Waals surface area contributed by atoms with Gasteiger partial charge in [-0.2, -0.15) is 0 Å². The topological polar surface area (TPSA) is 68.5 Å². The third-order valence-corrected chi connectivity index (χ3v) is 4.86. The van der Waals surface area contributed by atoms with E-state index in [-0.39, 0.29) is 11.6 Å². The van der Waals surface area contributed by atoms with E-state index < -0.39 is 17.0 Å². The zero-order valence-corrected chi connectivity index (χ0v) is 15.6. The van der Waals surface area contributed by atoms with E-state index in [1.54, 1.807) is 37.3 Å². The van der Waals surface area contributed by atoms with Crippen LogP contribution in [0.3, 0.4) is 0 Å².